The fourth-order valence-electron chi connectivity index (χ4n) is 0.196. The molecule has 0 heterocycles. The molecule has 0 aliphatic rings. The standard InChI is InChI=1S/C5H9N3/c1-3-7-8-5-4-6-2/h3-5,7H,1H2,2H3/b6-4?,8-5+. The minimum absolute atomic E-state index is 1.49. The zero-order valence-corrected chi connectivity index (χ0v) is 4.83. The van der Waals surface area contributed by atoms with E-state index < -0.39 is 0 Å². The molecule has 0 fully saturated rings. The Kier molecular flexibility index (Phi) is 5.06. The Balaban J connectivity index is 3.19. The highest BCUT2D eigenvalue weighted by atomic mass is 15.3. The Morgan fingerprint density at radius 2 is 2.25 bits per heavy atom. The monoisotopic (exact) mass is 111 g/mol. The van der Waals surface area contributed by atoms with E-state index >= 15 is 0 Å². The summed E-state index contributed by atoms with van der Waals surface area (Å²) in [7, 11) is 1.68. The van der Waals surface area contributed by atoms with Crippen LogP contribution in [-0.4, -0.2) is 19.5 Å². The van der Waals surface area contributed by atoms with Crippen molar-refractivity contribution in [3.05, 3.63) is 12.8 Å². The molecule has 8 heavy (non-hydrogen) atoms. The first kappa shape index (κ1) is 6.88. The van der Waals surface area contributed by atoms with Crippen LogP contribution >= 0.6 is 0 Å². The molecule has 0 aromatic carbocycles. The van der Waals surface area contributed by atoms with E-state index in [1.165, 1.54) is 6.20 Å². The van der Waals surface area contributed by atoms with Gasteiger partial charge in [-0.2, -0.15) is 5.10 Å². The maximum Gasteiger partial charge on any atom is 0.0650 e. The van der Waals surface area contributed by atoms with E-state index in [1.54, 1.807) is 19.5 Å². The molecular weight excluding hydrogens is 102 g/mol. The quantitative estimate of drug-likeness (QED) is 0.415. The second kappa shape index (κ2) is 5.88. The van der Waals surface area contributed by atoms with E-state index in [0.717, 1.165) is 0 Å². The minimum Gasteiger partial charge on any atom is -0.295 e. The van der Waals surface area contributed by atoms with Gasteiger partial charge in [0.25, 0.3) is 0 Å². The van der Waals surface area contributed by atoms with Crippen LogP contribution in [0.1, 0.15) is 0 Å². The molecule has 0 unspecified atom stereocenters. The van der Waals surface area contributed by atoms with Crippen molar-refractivity contribution in [1.29, 1.82) is 0 Å². The van der Waals surface area contributed by atoms with Gasteiger partial charge in [-0.1, -0.05) is 6.58 Å². The summed E-state index contributed by atoms with van der Waals surface area (Å²) in [6, 6.07) is 0. The summed E-state index contributed by atoms with van der Waals surface area (Å²) in [5, 5.41) is 3.64. The number of rotatable bonds is 3. The Hall–Kier alpha value is -1.12. The third kappa shape index (κ3) is 4.88. The number of nitrogens with one attached hydrogen (secondary N) is 1. The largest absolute Gasteiger partial charge is 0.295 e. The van der Waals surface area contributed by atoms with Crippen LogP contribution in [0.5, 0.6) is 0 Å². The van der Waals surface area contributed by atoms with Crippen molar-refractivity contribution < 1.29 is 0 Å². The second-order valence-corrected chi connectivity index (χ2v) is 1.02. The van der Waals surface area contributed by atoms with E-state index in [9.17, 15) is 0 Å². The molecule has 0 aromatic rings. The smallest absolute Gasteiger partial charge is 0.0650 e. The van der Waals surface area contributed by atoms with Crippen LogP contribution in [0.25, 0.3) is 0 Å². The zero-order chi connectivity index (χ0) is 6.24. The van der Waals surface area contributed by atoms with Crippen molar-refractivity contribution in [2.75, 3.05) is 7.05 Å². The van der Waals surface area contributed by atoms with Gasteiger partial charge in [-0.3, -0.25) is 10.4 Å². The molecule has 3 heteroatoms. The SMILES string of the molecule is C=CN/N=C/C=NC. The topological polar surface area (TPSA) is 36.8 Å². The van der Waals surface area contributed by atoms with Crippen LogP contribution < -0.4 is 5.43 Å². The van der Waals surface area contributed by atoms with Crippen LogP contribution in [0, 0.1) is 0 Å². The van der Waals surface area contributed by atoms with Crippen LogP contribution in [0.3, 0.4) is 0 Å². The lowest BCUT2D eigenvalue weighted by Gasteiger charge is -1.80. The highest BCUT2D eigenvalue weighted by Gasteiger charge is 1.58. The predicted octanol–water partition coefficient (Wildman–Crippen LogP) is 0.406. The minimum atomic E-state index is 1.49. The number of aliphatic imine (C=N–C) groups is 1. The number of hydrogen-bond acceptors (Lipinski definition) is 3. The fraction of sp³-hybridized carbons (Fsp3) is 0.200. The molecular formula is C5H9N3. The van der Waals surface area contributed by atoms with Gasteiger partial charge in [-0.15, -0.1) is 0 Å². The van der Waals surface area contributed by atoms with Crippen LogP contribution in [0.2, 0.25) is 0 Å². The Morgan fingerprint density at radius 1 is 1.50 bits per heavy atom. The van der Waals surface area contributed by atoms with E-state index in [0.29, 0.717) is 0 Å². The zero-order valence-electron chi connectivity index (χ0n) is 4.83. The third-order valence-electron chi connectivity index (χ3n) is 0.456. The molecule has 0 radical (unpaired) electrons. The first-order chi connectivity index (χ1) is 3.91. The Labute approximate surface area is 48.8 Å². The van der Waals surface area contributed by atoms with Crippen LogP contribution in [-0.2, 0) is 0 Å². The van der Waals surface area contributed by atoms with Gasteiger partial charge in [0.05, 0.1) is 6.21 Å². The highest BCUT2D eigenvalue weighted by molar-refractivity contribution is 6.15. The van der Waals surface area contributed by atoms with Gasteiger partial charge in [-0.25, -0.2) is 0 Å². The Bertz CT molecular complexity index is 104. The van der Waals surface area contributed by atoms with Gasteiger partial charge in [0.1, 0.15) is 0 Å². The van der Waals surface area contributed by atoms with Crippen molar-refractivity contribution in [2.45, 2.75) is 0 Å². The molecule has 0 saturated carbocycles. The van der Waals surface area contributed by atoms with Gasteiger partial charge in [-0.05, 0) is 0 Å². The summed E-state index contributed by atoms with van der Waals surface area (Å²) in [5.41, 5.74) is 2.53. The van der Waals surface area contributed by atoms with Gasteiger partial charge >= 0.3 is 0 Å². The summed E-state index contributed by atoms with van der Waals surface area (Å²) in [4.78, 5) is 3.66. The van der Waals surface area contributed by atoms with E-state index in [1.807, 2.05) is 0 Å². The first-order valence-electron chi connectivity index (χ1n) is 2.22. The van der Waals surface area contributed by atoms with Crippen LogP contribution in [0.4, 0.5) is 0 Å². The highest BCUT2D eigenvalue weighted by Crippen LogP contribution is 1.53. The summed E-state index contributed by atoms with van der Waals surface area (Å²) in [6.45, 7) is 3.39. The molecule has 0 rings (SSSR count). The molecule has 0 saturated heterocycles. The average molecular weight is 111 g/mol. The van der Waals surface area contributed by atoms with Gasteiger partial charge < -0.3 is 0 Å². The molecule has 3 nitrogen and oxygen atoms in total. The molecule has 0 aliphatic carbocycles. The summed E-state index contributed by atoms with van der Waals surface area (Å²) in [5.74, 6) is 0. The molecule has 0 amide bonds. The Morgan fingerprint density at radius 3 is 2.75 bits per heavy atom. The number of hydrogen-bond donors (Lipinski definition) is 1. The lowest BCUT2D eigenvalue weighted by molar-refractivity contribution is 0.983. The second-order valence-electron chi connectivity index (χ2n) is 1.02. The molecule has 1 N–H and O–H groups in total. The number of nitrogens with zero attached hydrogens (tertiary/aromatic N) is 2. The summed E-state index contributed by atoms with van der Waals surface area (Å²) >= 11 is 0. The molecule has 0 aromatic heterocycles. The normalized spacial score (nSPS) is 10.6. The van der Waals surface area contributed by atoms with E-state index in [2.05, 4.69) is 22.1 Å². The lowest BCUT2D eigenvalue weighted by atomic mass is 10.8. The maximum atomic E-state index is 3.66. The van der Waals surface area contributed by atoms with Crippen LogP contribution in [0.15, 0.2) is 22.9 Å². The van der Waals surface area contributed by atoms with Gasteiger partial charge in [0.15, 0.2) is 0 Å². The molecule has 0 spiro atoms. The van der Waals surface area contributed by atoms with E-state index in [-0.39, 0.29) is 0 Å². The van der Waals surface area contributed by atoms with E-state index in [4.69, 9.17) is 0 Å². The van der Waals surface area contributed by atoms with Crippen molar-refractivity contribution in [1.82, 2.24) is 5.43 Å². The molecule has 44 valence electrons. The fourth-order valence-corrected chi connectivity index (χ4v) is 0.196. The summed E-state index contributed by atoms with van der Waals surface area (Å²) in [6.07, 6.45) is 4.61. The number of hydrazone groups is 1. The maximum absolute atomic E-state index is 3.66. The molecule has 0 bridgehead atoms. The van der Waals surface area contributed by atoms with Crippen molar-refractivity contribution in [3.63, 3.8) is 0 Å². The average Bonchev–Trinajstić information content (AvgIpc) is 1.81. The van der Waals surface area contributed by atoms with Crippen molar-refractivity contribution in [2.24, 2.45) is 10.1 Å². The molecule has 0 atom stereocenters. The lowest BCUT2D eigenvalue weighted by Crippen LogP contribution is -1.91. The third-order valence-corrected chi connectivity index (χ3v) is 0.456. The summed E-state index contributed by atoms with van der Waals surface area (Å²) < 4.78 is 0. The van der Waals surface area contributed by atoms with Gasteiger partial charge in [0.2, 0.25) is 0 Å². The molecule has 0 aliphatic heterocycles. The first-order valence-corrected chi connectivity index (χ1v) is 2.22. The van der Waals surface area contributed by atoms with Crippen molar-refractivity contribution in [3.8, 4) is 0 Å². The van der Waals surface area contributed by atoms with Gasteiger partial charge in [0, 0.05) is 19.5 Å². The van der Waals surface area contributed by atoms with Crippen molar-refractivity contribution >= 4 is 12.4 Å². The predicted molar refractivity (Wildman–Crippen MR) is 36.2 cm³/mol.